The van der Waals surface area contributed by atoms with Crippen LogP contribution >= 0.6 is 0 Å². The van der Waals surface area contributed by atoms with E-state index in [1.807, 2.05) is 6.07 Å². The van der Waals surface area contributed by atoms with Crippen molar-refractivity contribution in [1.82, 2.24) is 9.88 Å². The summed E-state index contributed by atoms with van der Waals surface area (Å²) < 4.78 is 0. The fraction of sp³-hybridized carbons (Fsp3) is 0.357. The van der Waals surface area contributed by atoms with Crippen molar-refractivity contribution < 1.29 is 9.59 Å². The Morgan fingerprint density at radius 3 is 2.95 bits per heavy atom. The highest BCUT2D eigenvalue weighted by Gasteiger charge is 2.37. The number of nitrogens with zero attached hydrogens (tertiary/aromatic N) is 3. The number of carbonyl (C=O) groups is 2. The molecule has 2 heterocycles. The van der Waals surface area contributed by atoms with Crippen molar-refractivity contribution in [2.75, 3.05) is 18.0 Å². The molecule has 0 bridgehead atoms. The van der Waals surface area contributed by atoms with Gasteiger partial charge in [0.1, 0.15) is 12.4 Å². The van der Waals surface area contributed by atoms with E-state index < -0.39 is 0 Å². The zero-order valence-corrected chi connectivity index (χ0v) is 10.6. The summed E-state index contributed by atoms with van der Waals surface area (Å²) in [5.41, 5.74) is 2.24. The monoisotopic (exact) mass is 257 g/mol. The maximum Gasteiger partial charge on any atom is 0.333 e. The fourth-order valence-electron chi connectivity index (χ4n) is 2.61. The summed E-state index contributed by atoms with van der Waals surface area (Å²) >= 11 is 0. The summed E-state index contributed by atoms with van der Waals surface area (Å²) in [6.07, 6.45) is 4.67. The Morgan fingerprint density at radius 2 is 2.16 bits per heavy atom. The summed E-state index contributed by atoms with van der Waals surface area (Å²) in [4.78, 5) is 31.2. The molecular formula is C14H15N3O2. The average molecular weight is 257 g/mol. The quantitative estimate of drug-likeness (QED) is 0.609. The van der Waals surface area contributed by atoms with Crippen LogP contribution < -0.4 is 4.90 Å². The average Bonchev–Trinajstić information content (AvgIpc) is 2.95. The molecule has 0 N–H and O–H groups in total. The molecular weight excluding hydrogens is 242 g/mol. The zero-order valence-electron chi connectivity index (χ0n) is 10.6. The van der Waals surface area contributed by atoms with Gasteiger partial charge in [-0.05, 0) is 30.9 Å². The van der Waals surface area contributed by atoms with Gasteiger partial charge in [0.15, 0.2) is 0 Å². The van der Waals surface area contributed by atoms with Crippen LogP contribution in [0.4, 0.5) is 10.6 Å². The van der Waals surface area contributed by atoms with E-state index in [1.165, 1.54) is 15.4 Å². The molecule has 5 heteroatoms. The van der Waals surface area contributed by atoms with Gasteiger partial charge in [0.25, 0.3) is 5.91 Å². The van der Waals surface area contributed by atoms with E-state index in [4.69, 9.17) is 0 Å². The first-order valence-corrected chi connectivity index (χ1v) is 6.42. The van der Waals surface area contributed by atoms with E-state index in [2.05, 4.69) is 11.6 Å². The summed E-state index contributed by atoms with van der Waals surface area (Å²) in [6, 6.07) is 3.43. The SMILES string of the molecule is C=CCN1CC(=O)N(c2ccc3c(n2)CCC3)C1=O. The second kappa shape index (κ2) is 4.50. The Kier molecular flexibility index (Phi) is 2.81. The molecule has 1 aliphatic heterocycles. The van der Waals surface area contributed by atoms with Gasteiger partial charge < -0.3 is 4.90 Å². The Bertz CT molecular complexity index is 568. The number of hydrogen-bond donors (Lipinski definition) is 0. The maximum absolute atomic E-state index is 12.1. The Labute approximate surface area is 111 Å². The van der Waals surface area contributed by atoms with Crippen LogP contribution in [-0.4, -0.2) is 34.9 Å². The van der Waals surface area contributed by atoms with Crippen LogP contribution in [0.5, 0.6) is 0 Å². The summed E-state index contributed by atoms with van der Waals surface area (Å²) in [6.45, 7) is 4.07. The molecule has 0 radical (unpaired) electrons. The van der Waals surface area contributed by atoms with Gasteiger partial charge in [0.05, 0.1) is 0 Å². The molecule has 1 aromatic rings. The van der Waals surface area contributed by atoms with Crippen LogP contribution in [0.25, 0.3) is 0 Å². The first-order valence-electron chi connectivity index (χ1n) is 6.42. The molecule has 98 valence electrons. The summed E-state index contributed by atoms with van der Waals surface area (Å²) in [5.74, 6) is 0.222. The molecule has 1 saturated heterocycles. The normalized spacial score (nSPS) is 18.1. The van der Waals surface area contributed by atoms with Gasteiger partial charge in [-0.2, -0.15) is 0 Å². The minimum absolute atomic E-state index is 0.101. The third kappa shape index (κ3) is 1.91. The van der Waals surface area contributed by atoms with Crippen molar-refractivity contribution in [2.24, 2.45) is 0 Å². The van der Waals surface area contributed by atoms with Gasteiger partial charge in [-0.3, -0.25) is 4.79 Å². The van der Waals surface area contributed by atoms with Gasteiger partial charge in [-0.15, -0.1) is 6.58 Å². The molecule has 0 saturated carbocycles. The number of urea groups is 1. The lowest BCUT2D eigenvalue weighted by molar-refractivity contribution is -0.116. The number of amides is 3. The maximum atomic E-state index is 12.1. The molecule has 1 aliphatic carbocycles. The van der Waals surface area contributed by atoms with Crippen molar-refractivity contribution in [1.29, 1.82) is 0 Å². The second-order valence-electron chi connectivity index (χ2n) is 4.81. The molecule has 19 heavy (non-hydrogen) atoms. The number of aryl methyl sites for hydroxylation is 2. The summed E-state index contributed by atoms with van der Waals surface area (Å²) in [7, 11) is 0. The molecule has 5 nitrogen and oxygen atoms in total. The van der Waals surface area contributed by atoms with E-state index in [0.717, 1.165) is 25.0 Å². The van der Waals surface area contributed by atoms with E-state index >= 15 is 0 Å². The number of anilines is 1. The predicted molar refractivity (Wildman–Crippen MR) is 70.9 cm³/mol. The van der Waals surface area contributed by atoms with Crippen molar-refractivity contribution in [2.45, 2.75) is 19.3 Å². The van der Waals surface area contributed by atoms with Crippen LogP contribution in [0.3, 0.4) is 0 Å². The minimum Gasteiger partial charge on any atom is -0.311 e. The van der Waals surface area contributed by atoms with Crippen molar-refractivity contribution in [3.05, 3.63) is 36.0 Å². The number of carbonyl (C=O) groups excluding carboxylic acids is 2. The number of imide groups is 1. The third-order valence-corrected chi connectivity index (χ3v) is 3.53. The van der Waals surface area contributed by atoms with Crippen LogP contribution in [0.2, 0.25) is 0 Å². The second-order valence-corrected chi connectivity index (χ2v) is 4.81. The minimum atomic E-state index is -0.310. The molecule has 0 unspecified atom stereocenters. The van der Waals surface area contributed by atoms with Crippen LogP contribution in [0.1, 0.15) is 17.7 Å². The number of hydrogen-bond acceptors (Lipinski definition) is 3. The van der Waals surface area contributed by atoms with Crippen LogP contribution in [-0.2, 0) is 17.6 Å². The number of rotatable bonds is 3. The largest absolute Gasteiger partial charge is 0.333 e. The first-order chi connectivity index (χ1) is 9.20. The lowest BCUT2D eigenvalue weighted by atomic mass is 10.2. The number of pyridine rings is 1. The van der Waals surface area contributed by atoms with E-state index in [1.54, 1.807) is 12.1 Å². The highest BCUT2D eigenvalue weighted by molar-refractivity contribution is 6.19. The fourth-order valence-corrected chi connectivity index (χ4v) is 2.61. The van der Waals surface area contributed by atoms with E-state index in [-0.39, 0.29) is 18.5 Å². The number of fused-ring (bicyclic) bond motifs is 1. The van der Waals surface area contributed by atoms with Crippen molar-refractivity contribution in [3.63, 3.8) is 0 Å². The molecule has 0 atom stereocenters. The molecule has 1 fully saturated rings. The molecule has 1 aromatic heterocycles. The Morgan fingerprint density at radius 1 is 1.32 bits per heavy atom. The van der Waals surface area contributed by atoms with Gasteiger partial charge in [-0.25, -0.2) is 14.7 Å². The van der Waals surface area contributed by atoms with Crippen LogP contribution in [0, 0.1) is 0 Å². The third-order valence-electron chi connectivity index (χ3n) is 3.53. The Hall–Kier alpha value is -2.17. The molecule has 2 aliphatic rings. The molecule has 3 rings (SSSR count). The van der Waals surface area contributed by atoms with E-state index in [0.29, 0.717) is 12.4 Å². The van der Waals surface area contributed by atoms with Gasteiger partial charge >= 0.3 is 6.03 Å². The topological polar surface area (TPSA) is 53.5 Å². The van der Waals surface area contributed by atoms with Crippen molar-refractivity contribution in [3.8, 4) is 0 Å². The zero-order chi connectivity index (χ0) is 13.4. The standard InChI is InChI=1S/C14H15N3O2/c1-2-8-16-9-13(18)17(14(16)19)12-7-6-10-4-3-5-11(10)15-12/h2,6-7H,1,3-5,8-9H2. The van der Waals surface area contributed by atoms with Gasteiger partial charge in [0, 0.05) is 12.2 Å². The smallest absolute Gasteiger partial charge is 0.311 e. The molecule has 3 amide bonds. The Balaban J connectivity index is 1.91. The van der Waals surface area contributed by atoms with E-state index in [9.17, 15) is 9.59 Å². The number of aromatic nitrogens is 1. The lowest BCUT2D eigenvalue weighted by Gasteiger charge is -2.15. The first kappa shape index (κ1) is 11.9. The molecule has 0 aromatic carbocycles. The van der Waals surface area contributed by atoms with Crippen molar-refractivity contribution >= 4 is 17.8 Å². The molecule has 0 spiro atoms. The predicted octanol–water partition coefficient (Wildman–Crippen LogP) is 1.52. The highest BCUT2D eigenvalue weighted by Crippen LogP contribution is 2.25. The van der Waals surface area contributed by atoms with Gasteiger partial charge in [-0.1, -0.05) is 12.1 Å². The highest BCUT2D eigenvalue weighted by atomic mass is 16.2. The summed E-state index contributed by atoms with van der Waals surface area (Å²) in [5, 5.41) is 0. The van der Waals surface area contributed by atoms with Gasteiger partial charge in [0.2, 0.25) is 0 Å². The lowest BCUT2D eigenvalue weighted by Crippen LogP contribution is -2.33. The van der Waals surface area contributed by atoms with Crippen LogP contribution in [0.15, 0.2) is 24.8 Å².